The number of likely N-dealkylation sites (tertiary alicyclic amines) is 1. The van der Waals surface area contributed by atoms with Gasteiger partial charge in [0.05, 0.1) is 37.5 Å². The normalized spacial score (nSPS) is 20.9. The third-order valence-electron chi connectivity index (χ3n) is 5.90. The molecule has 1 N–H and O–H groups in total. The Bertz CT molecular complexity index is 1080. The van der Waals surface area contributed by atoms with Crippen LogP contribution in [0.2, 0.25) is 0 Å². The van der Waals surface area contributed by atoms with Crippen molar-refractivity contribution in [2.45, 2.75) is 6.04 Å². The number of carbonyl (C=O) groups is 2. The topological polar surface area (TPSA) is 79.3 Å². The zero-order chi connectivity index (χ0) is 23.5. The van der Waals surface area contributed by atoms with Crippen LogP contribution < -0.4 is 4.74 Å². The van der Waals surface area contributed by atoms with Gasteiger partial charge in [0.1, 0.15) is 23.1 Å². The highest BCUT2D eigenvalue weighted by Gasteiger charge is 2.46. The molecule has 1 amide bonds. The van der Waals surface area contributed by atoms with Crippen molar-refractivity contribution < 1.29 is 33.0 Å². The third-order valence-corrected chi connectivity index (χ3v) is 5.90. The molecule has 0 spiro atoms. The number of rotatable bonds is 6. The van der Waals surface area contributed by atoms with Gasteiger partial charge in [-0.15, -0.1) is 0 Å². The molecule has 4 rings (SSSR count). The van der Waals surface area contributed by atoms with Gasteiger partial charge in [-0.25, -0.2) is 8.78 Å². The first-order valence-electron chi connectivity index (χ1n) is 10.6. The van der Waals surface area contributed by atoms with E-state index >= 15 is 0 Å². The molecule has 2 fully saturated rings. The summed E-state index contributed by atoms with van der Waals surface area (Å²) >= 11 is 0. The standard InChI is InChI=1S/C24H24F2N2O5/c1-32-19-7-6-17(26)14-18(19)22(29)20-21(15-2-4-16(25)5-3-15)28(24(31)23(20)30)9-8-27-10-12-33-13-11-27/h2-7,14,21,29H,8-13H2,1H3/b22-20+/t21-/m1/s1. The van der Waals surface area contributed by atoms with Crippen LogP contribution in [0.5, 0.6) is 5.75 Å². The summed E-state index contributed by atoms with van der Waals surface area (Å²) in [7, 11) is 1.35. The van der Waals surface area contributed by atoms with Gasteiger partial charge >= 0.3 is 0 Å². The second kappa shape index (κ2) is 9.68. The lowest BCUT2D eigenvalue weighted by atomic mass is 9.95. The molecule has 174 valence electrons. The van der Waals surface area contributed by atoms with Crippen LogP contribution in [0.1, 0.15) is 17.2 Å². The van der Waals surface area contributed by atoms with Crippen LogP contribution in [0.4, 0.5) is 8.78 Å². The minimum Gasteiger partial charge on any atom is -0.507 e. The molecule has 0 aromatic heterocycles. The lowest BCUT2D eigenvalue weighted by molar-refractivity contribution is -0.140. The number of nitrogens with zero attached hydrogens (tertiary/aromatic N) is 2. The van der Waals surface area contributed by atoms with Crippen LogP contribution in [-0.2, 0) is 14.3 Å². The van der Waals surface area contributed by atoms with E-state index in [1.54, 1.807) is 0 Å². The SMILES string of the molecule is COc1ccc(F)cc1/C(O)=C1\C(=O)C(=O)N(CCN2CCOCC2)[C@@H]1c1ccc(F)cc1. The number of benzene rings is 2. The molecule has 0 radical (unpaired) electrons. The highest BCUT2D eigenvalue weighted by atomic mass is 19.1. The number of carbonyl (C=O) groups excluding carboxylic acids is 2. The van der Waals surface area contributed by atoms with E-state index in [1.807, 2.05) is 0 Å². The van der Waals surface area contributed by atoms with E-state index in [2.05, 4.69) is 4.90 Å². The van der Waals surface area contributed by atoms with Crippen molar-refractivity contribution in [2.75, 3.05) is 46.5 Å². The average Bonchev–Trinajstić information content (AvgIpc) is 3.08. The van der Waals surface area contributed by atoms with Gasteiger partial charge in [0, 0.05) is 26.2 Å². The summed E-state index contributed by atoms with van der Waals surface area (Å²) in [6.45, 7) is 3.28. The maximum absolute atomic E-state index is 14.0. The summed E-state index contributed by atoms with van der Waals surface area (Å²) < 4.78 is 38.1. The quantitative estimate of drug-likeness (QED) is 0.408. The Morgan fingerprint density at radius 1 is 1.06 bits per heavy atom. The van der Waals surface area contributed by atoms with Gasteiger partial charge in [-0.2, -0.15) is 0 Å². The van der Waals surface area contributed by atoms with Crippen molar-refractivity contribution >= 4 is 17.4 Å². The largest absolute Gasteiger partial charge is 0.507 e. The Morgan fingerprint density at radius 2 is 1.73 bits per heavy atom. The van der Waals surface area contributed by atoms with Crippen LogP contribution in [0, 0.1) is 11.6 Å². The highest BCUT2D eigenvalue weighted by molar-refractivity contribution is 6.46. The van der Waals surface area contributed by atoms with Crippen molar-refractivity contribution in [3.05, 3.63) is 70.8 Å². The molecule has 7 nitrogen and oxygen atoms in total. The van der Waals surface area contributed by atoms with Gasteiger partial charge in [-0.3, -0.25) is 14.5 Å². The number of hydrogen-bond acceptors (Lipinski definition) is 6. The van der Waals surface area contributed by atoms with Gasteiger partial charge in [0.2, 0.25) is 0 Å². The number of ketones is 1. The first-order chi connectivity index (χ1) is 15.9. The smallest absolute Gasteiger partial charge is 0.295 e. The van der Waals surface area contributed by atoms with Gasteiger partial charge < -0.3 is 19.5 Å². The molecule has 0 aliphatic carbocycles. The Labute approximate surface area is 189 Å². The van der Waals surface area contributed by atoms with E-state index in [-0.39, 0.29) is 23.4 Å². The van der Waals surface area contributed by atoms with Crippen LogP contribution >= 0.6 is 0 Å². The fourth-order valence-corrected chi connectivity index (χ4v) is 4.19. The molecule has 1 atom stereocenters. The van der Waals surface area contributed by atoms with Crippen LogP contribution in [-0.4, -0.2) is 73.1 Å². The van der Waals surface area contributed by atoms with Crippen molar-refractivity contribution in [1.82, 2.24) is 9.80 Å². The second-order valence-corrected chi connectivity index (χ2v) is 7.84. The molecule has 0 unspecified atom stereocenters. The highest BCUT2D eigenvalue weighted by Crippen LogP contribution is 2.41. The number of aliphatic hydroxyl groups is 1. The fourth-order valence-electron chi connectivity index (χ4n) is 4.19. The Morgan fingerprint density at radius 3 is 2.39 bits per heavy atom. The number of Topliss-reactive ketones (excluding diaryl/α,β-unsaturated/α-hetero) is 1. The summed E-state index contributed by atoms with van der Waals surface area (Å²) in [6.07, 6.45) is 0. The fraction of sp³-hybridized carbons (Fsp3) is 0.333. The zero-order valence-corrected chi connectivity index (χ0v) is 18.1. The molecule has 2 aliphatic heterocycles. The number of amides is 1. The van der Waals surface area contributed by atoms with Crippen molar-refractivity contribution in [2.24, 2.45) is 0 Å². The molecule has 2 saturated heterocycles. The maximum Gasteiger partial charge on any atom is 0.295 e. The summed E-state index contributed by atoms with van der Waals surface area (Å²) in [6, 6.07) is 7.93. The number of halogens is 2. The van der Waals surface area contributed by atoms with E-state index in [0.29, 0.717) is 38.4 Å². The molecule has 9 heteroatoms. The van der Waals surface area contributed by atoms with E-state index in [1.165, 1.54) is 42.3 Å². The first-order valence-corrected chi connectivity index (χ1v) is 10.6. The minimum atomic E-state index is -0.959. The van der Waals surface area contributed by atoms with Crippen LogP contribution in [0.3, 0.4) is 0 Å². The average molecular weight is 458 g/mol. The van der Waals surface area contributed by atoms with E-state index in [0.717, 1.165) is 12.1 Å². The number of ether oxygens (including phenoxy) is 2. The predicted octanol–water partition coefficient (Wildman–Crippen LogP) is 2.73. The second-order valence-electron chi connectivity index (χ2n) is 7.84. The molecule has 33 heavy (non-hydrogen) atoms. The van der Waals surface area contributed by atoms with E-state index in [4.69, 9.17) is 9.47 Å². The van der Waals surface area contributed by atoms with Crippen LogP contribution in [0.15, 0.2) is 48.0 Å². The van der Waals surface area contributed by atoms with Gasteiger partial charge in [0.15, 0.2) is 0 Å². The number of morpholine rings is 1. The molecule has 2 aromatic carbocycles. The molecule has 0 bridgehead atoms. The number of hydrogen-bond donors (Lipinski definition) is 1. The zero-order valence-electron chi connectivity index (χ0n) is 18.1. The van der Waals surface area contributed by atoms with Crippen molar-refractivity contribution in [3.63, 3.8) is 0 Å². The van der Waals surface area contributed by atoms with Gasteiger partial charge in [-0.05, 0) is 35.9 Å². The summed E-state index contributed by atoms with van der Waals surface area (Å²) in [5.41, 5.74) is 0.211. The molecule has 2 aromatic rings. The first kappa shape index (κ1) is 22.9. The van der Waals surface area contributed by atoms with Crippen LogP contribution in [0.25, 0.3) is 5.76 Å². The van der Waals surface area contributed by atoms with Gasteiger partial charge in [-0.1, -0.05) is 12.1 Å². The number of aliphatic hydroxyl groups excluding tert-OH is 1. The summed E-state index contributed by atoms with van der Waals surface area (Å²) in [5, 5.41) is 11.1. The monoisotopic (exact) mass is 458 g/mol. The summed E-state index contributed by atoms with van der Waals surface area (Å²) in [4.78, 5) is 29.5. The Balaban J connectivity index is 1.78. The van der Waals surface area contributed by atoms with Crippen molar-refractivity contribution in [1.29, 1.82) is 0 Å². The molecule has 2 heterocycles. The molecule has 0 saturated carbocycles. The lowest BCUT2D eigenvalue weighted by Crippen LogP contribution is -2.42. The lowest BCUT2D eigenvalue weighted by Gasteiger charge is -2.31. The molecular weight excluding hydrogens is 434 g/mol. The minimum absolute atomic E-state index is 0.0456. The number of methoxy groups -OCH3 is 1. The van der Waals surface area contributed by atoms with Gasteiger partial charge in [0.25, 0.3) is 11.7 Å². The Kier molecular flexibility index (Phi) is 6.71. The molecular formula is C24H24F2N2O5. The Hall–Kier alpha value is -3.30. The van der Waals surface area contributed by atoms with Crippen molar-refractivity contribution in [3.8, 4) is 5.75 Å². The predicted molar refractivity (Wildman–Crippen MR) is 116 cm³/mol. The maximum atomic E-state index is 14.0. The molecule has 2 aliphatic rings. The third kappa shape index (κ3) is 4.60. The van der Waals surface area contributed by atoms with E-state index in [9.17, 15) is 23.5 Å². The summed E-state index contributed by atoms with van der Waals surface area (Å²) in [5.74, 6) is -3.20. The van der Waals surface area contributed by atoms with E-state index < -0.39 is 35.1 Å².